The molecule has 2 N–H and O–H groups in total. The number of esters is 1. The molecule has 0 radical (unpaired) electrons. The van der Waals surface area contributed by atoms with E-state index in [0.29, 0.717) is 29.4 Å². The molecule has 12 nitrogen and oxygen atoms in total. The van der Waals surface area contributed by atoms with Crippen molar-refractivity contribution in [1.82, 2.24) is 25.6 Å². The predicted octanol–water partition coefficient (Wildman–Crippen LogP) is 4.23. The molecule has 0 saturated carbocycles. The third-order valence-electron chi connectivity index (χ3n) is 5.89. The predicted molar refractivity (Wildman–Crippen MR) is 142 cm³/mol. The first-order valence-electron chi connectivity index (χ1n) is 13.0. The van der Waals surface area contributed by atoms with E-state index in [9.17, 15) is 14.0 Å². The van der Waals surface area contributed by atoms with Gasteiger partial charge in [-0.3, -0.25) is 4.79 Å². The van der Waals surface area contributed by atoms with Crippen LogP contribution in [-0.2, 0) is 9.53 Å². The molecule has 4 aromatic rings. The molecule has 0 fully saturated rings. The number of aliphatic hydroxyl groups is 1. The SMILES string of the molecule is CCC(Oc1ccc(-c2noc(C(C)C)n2)cc1)c1nc(-c2ccc(C(=O)N[C@H](C)COC(=O)CO)c(F)c2)no1. The van der Waals surface area contributed by atoms with Crippen molar-refractivity contribution >= 4 is 11.9 Å². The Kier molecular flexibility index (Phi) is 9.40. The van der Waals surface area contributed by atoms with E-state index in [-0.39, 0.29) is 29.8 Å². The Hall–Kier alpha value is -4.65. The molecule has 0 spiro atoms. The average molecular weight is 568 g/mol. The molecule has 2 aromatic carbocycles. The molecule has 2 atom stereocenters. The molecule has 4 rings (SSSR count). The number of halogens is 1. The van der Waals surface area contributed by atoms with Crippen molar-refractivity contribution in [2.24, 2.45) is 0 Å². The lowest BCUT2D eigenvalue weighted by molar-refractivity contribution is -0.147. The number of hydrogen-bond acceptors (Lipinski definition) is 11. The molecule has 1 amide bonds. The van der Waals surface area contributed by atoms with Crippen LogP contribution in [0.15, 0.2) is 51.5 Å². The lowest BCUT2D eigenvalue weighted by Gasteiger charge is -2.14. The number of aliphatic hydroxyl groups excluding tert-OH is 1. The molecular formula is C28H30FN5O7. The van der Waals surface area contributed by atoms with Crippen LogP contribution in [0.5, 0.6) is 5.75 Å². The van der Waals surface area contributed by atoms with Crippen LogP contribution in [0.25, 0.3) is 22.8 Å². The van der Waals surface area contributed by atoms with Gasteiger partial charge in [0.1, 0.15) is 24.8 Å². The van der Waals surface area contributed by atoms with Crippen LogP contribution in [-0.4, -0.2) is 56.5 Å². The van der Waals surface area contributed by atoms with Crippen LogP contribution in [0.2, 0.25) is 0 Å². The Morgan fingerprint density at radius 1 is 0.976 bits per heavy atom. The second-order valence-electron chi connectivity index (χ2n) is 9.52. The average Bonchev–Trinajstić information content (AvgIpc) is 3.66. The first-order chi connectivity index (χ1) is 19.7. The fraction of sp³-hybridized carbons (Fsp3) is 0.357. The fourth-order valence-corrected chi connectivity index (χ4v) is 3.67. The van der Waals surface area contributed by atoms with Crippen LogP contribution < -0.4 is 10.1 Å². The van der Waals surface area contributed by atoms with Crippen LogP contribution in [0.3, 0.4) is 0 Å². The summed E-state index contributed by atoms with van der Waals surface area (Å²) in [7, 11) is 0. The molecule has 0 aliphatic heterocycles. The van der Waals surface area contributed by atoms with Crippen molar-refractivity contribution in [2.45, 2.75) is 52.2 Å². The third-order valence-corrected chi connectivity index (χ3v) is 5.89. The van der Waals surface area contributed by atoms with Gasteiger partial charge in [-0.05, 0) is 49.7 Å². The molecule has 216 valence electrons. The summed E-state index contributed by atoms with van der Waals surface area (Å²) in [6.07, 6.45) is -0.0400. The maximum atomic E-state index is 14.8. The van der Waals surface area contributed by atoms with Gasteiger partial charge in [-0.1, -0.05) is 37.2 Å². The summed E-state index contributed by atoms with van der Waals surface area (Å²) in [6, 6.07) is 10.5. The van der Waals surface area contributed by atoms with Crippen LogP contribution >= 0.6 is 0 Å². The molecule has 41 heavy (non-hydrogen) atoms. The minimum Gasteiger partial charge on any atom is -0.481 e. The number of hydrogen-bond donors (Lipinski definition) is 2. The highest BCUT2D eigenvalue weighted by Gasteiger charge is 2.22. The largest absolute Gasteiger partial charge is 0.481 e. The summed E-state index contributed by atoms with van der Waals surface area (Å²) < 4.78 is 36.3. The lowest BCUT2D eigenvalue weighted by Crippen LogP contribution is -2.37. The summed E-state index contributed by atoms with van der Waals surface area (Å²) in [4.78, 5) is 32.3. The smallest absolute Gasteiger partial charge is 0.331 e. The van der Waals surface area contributed by atoms with Gasteiger partial charge in [-0.2, -0.15) is 9.97 Å². The van der Waals surface area contributed by atoms with E-state index in [1.165, 1.54) is 12.1 Å². The number of rotatable bonds is 12. The first kappa shape index (κ1) is 29.3. The minimum absolute atomic E-state index is 0.129. The van der Waals surface area contributed by atoms with Gasteiger partial charge in [0.25, 0.3) is 11.8 Å². The minimum atomic E-state index is -0.824. The van der Waals surface area contributed by atoms with Gasteiger partial charge in [0, 0.05) is 17.0 Å². The maximum Gasteiger partial charge on any atom is 0.331 e. The standard InChI is InChI=1S/C28H30FN5O7/c1-5-22(39-19-9-6-17(7-10-19)24-31-27(15(2)3)40-33-24)28-32-25(34-41-28)18-8-11-20(21(29)12-18)26(37)30-16(4)14-38-23(36)13-35/h6-12,15-16,22,35H,5,13-14H2,1-4H3,(H,30,37)/t16-,22?/m1/s1. The molecular weight excluding hydrogens is 537 g/mol. The Balaban J connectivity index is 1.40. The topological polar surface area (TPSA) is 163 Å². The van der Waals surface area contributed by atoms with E-state index >= 15 is 0 Å². The van der Waals surface area contributed by atoms with Gasteiger partial charge in [-0.25, -0.2) is 9.18 Å². The lowest BCUT2D eigenvalue weighted by atomic mass is 10.1. The van der Waals surface area contributed by atoms with Crippen molar-refractivity contribution in [3.63, 3.8) is 0 Å². The number of carbonyl (C=O) groups is 2. The number of ether oxygens (including phenoxy) is 2. The summed E-state index contributed by atoms with van der Waals surface area (Å²) in [5.41, 5.74) is 0.871. The van der Waals surface area contributed by atoms with Crippen molar-refractivity contribution in [1.29, 1.82) is 0 Å². The Morgan fingerprint density at radius 2 is 1.61 bits per heavy atom. The van der Waals surface area contributed by atoms with Crippen molar-refractivity contribution < 1.29 is 37.6 Å². The first-order valence-corrected chi connectivity index (χ1v) is 13.0. The van der Waals surface area contributed by atoms with Gasteiger partial charge >= 0.3 is 5.97 Å². The van der Waals surface area contributed by atoms with Gasteiger partial charge in [0.15, 0.2) is 6.10 Å². The van der Waals surface area contributed by atoms with E-state index in [1.54, 1.807) is 19.1 Å². The second kappa shape index (κ2) is 13.1. The molecule has 2 aromatic heterocycles. The Morgan fingerprint density at radius 3 is 2.22 bits per heavy atom. The Labute approximate surface area is 234 Å². The van der Waals surface area contributed by atoms with Crippen LogP contribution in [0.1, 0.15) is 68.3 Å². The van der Waals surface area contributed by atoms with Crippen molar-refractivity contribution in [2.75, 3.05) is 13.2 Å². The van der Waals surface area contributed by atoms with Gasteiger partial charge < -0.3 is 28.9 Å². The number of nitrogens with zero attached hydrogens (tertiary/aromatic N) is 4. The zero-order valence-corrected chi connectivity index (χ0v) is 23.0. The third kappa shape index (κ3) is 7.31. The number of amides is 1. The number of aromatic nitrogens is 4. The van der Waals surface area contributed by atoms with Gasteiger partial charge in [-0.15, -0.1) is 0 Å². The quantitative estimate of drug-likeness (QED) is 0.236. The number of carbonyl (C=O) groups excluding carboxylic acids is 2. The molecule has 1 unspecified atom stereocenters. The second-order valence-corrected chi connectivity index (χ2v) is 9.52. The number of benzene rings is 2. The van der Waals surface area contributed by atoms with E-state index in [0.717, 1.165) is 11.6 Å². The van der Waals surface area contributed by atoms with Crippen molar-refractivity contribution in [3.8, 4) is 28.5 Å². The van der Waals surface area contributed by atoms with Crippen LogP contribution in [0.4, 0.5) is 4.39 Å². The highest BCUT2D eigenvalue weighted by Crippen LogP contribution is 2.28. The van der Waals surface area contributed by atoms with E-state index < -0.39 is 36.4 Å². The summed E-state index contributed by atoms with van der Waals surface area (Å²) in [6.45, 7) is 6.48. The maximum absolute atomic E-state index is 14.8. The van der Waals surface area contributed by atoms with E-state index in [2.05, 4.69) is 25.6 Å². The molecule has 0 bridgehead atoms. The van der Waals surface area contributed by atoms with Crippen LogP contribution in [0, 0.1) is 5.82 Å². The molecule has 13 heteroatoms. The van der Waals surface area contributed by atoms with E-state index in [4.69, 9.17) is 23.6 Å². The Bertz CT molecular complexity index is 1490. The molecule has 0 aliphatic carbocycles. The molecule has 2 heterocycles. The zero-order chi connectivity index (χ0) is 29.5. The van der Waals surface area contributed by atoms with E-state index in [1.807, 2.05) is 32.9 Å². The summed E-state index contributed by atoms with van der Waals surface area (Å²) >= 11 is 0. The van der Waals surface area contributed by atoms with Gasteiger partial charge in [0.05, 0.1) is 11.6 Å². The molecule has 0 saturated heterocycles. The fourth-order valence-electron chi connectivity index (χ4n) is 3.67. The van der Waals surface area contributed by atoms with Crippen molar-refractivity contribution in [3.05, 3.63) is 65.6 Å². The zero-order valence-electron chi connectivity index (χ0n) is 23.0. The number of nitrogens with one attached hydrogen (secondary N) is 1. The summed E-state index contributed by atoms with van der Waals surface area (Å²) in [5.74, 6) is -0.232. The highest BCUT2D eigenvalue weighted by molar-refractivity contribution is 5.95. The summed E-state index contributed by atoms with van der Waals surface area (Å²) in [5, 5.41) is 19.2. The highest BCUT2D eigenvalue weighted by atomic mass is 19.1. The normalized spacial score (nSPS) is 12.7. The monoisotopic (exact) mass is 567 g/mol. The van der Waals surface area contributed by atoms with Gasteiger partial charge in [0.2, 0.25) is 17.5 Å². The molecule has 0 aliphatic rings.